The van der Waals surface area contributed by atoms with Crippen molar-refractivity contribution in [3.8, 4) is 0 Å². The van der Waals surface area contributed by atoms with E-state index in [0.29, 0.717) is 32.2 Å². The van der Waals surface area contributed by atoms with Crippen LogP contribution in [0.15, 0.2) is 0 Å². The fraction of sp³-hybridized carbons (Fsp3) is 0.917. The Bertz CT molecular complexity index is 231. The second-order valence-electron chi connectivity index (χ2n) is 5.02. The van der Waals surface area contributed by atoms with Crippen LogP contribution in [0.3, 0.4) is 0 Å². The van der Waals surface area contributed by atoms with Crippen molar-refractivity contribution in [2.45, 2.75) is 33.2 Å². The summed E-state index contributed by atoms with van der Waals surface area (Å²) in [7, 11) is 0. The van der Waals surface area contributed by atoms with Gasteiger partial charge in [0.15, 0.2) is 0 Å². The maximum Gasteiger partial charge on any atom is 0.227 e. The van der Waals surface area contributed by atoms with E-state index in [4.69, 9.17) is 10.5 Å². The maximum atomic E-state index is 12.3. The van der Waals surface area contributed by atoms with E-state index in [1.165, 1.54) is 0 Å². The number of carbonyl (C=O) groups excluding carboxylic acids is 1. The van der Waals surface area contributed by atoms with Gasteiger partial charge in [0.25, 0.3) is 0 Å². The maximum absolute atomic E-state index is 12.3. The summed E-state index contributed by atoms with van der Waals surface area (Å²) in [6.45, 7) is 8.72. The summed E-state index contributed by atoms with van der Waals surface area (Å²) in [5.74, 6) is 0.682. The summed E-state index contributed by atoms with van der Waals surface area (Å²) >= 11 is 0. The number of rotatable bonds is 4. The van der Waals surface area contributed by atoms with E-state index in [9.17, 15) is 4.79 Å². The molecule has 0 aromatic carbocycles. The van der Waals surface area contributed by atoms with E-state index in [1.54, 1.807) is 0 Å². The Balaban J connectivity index is 2.58. The summed E-state index contributed by atoms with van der Waals surface area (Å²) in [4.78, 5) is 14.2. The van der Waals surface area contributed by atoms with Gasteiger partial charge in [0.05, 0.1) is 25.2 Å². The monoisotopic (exact) mass is 228 g/mol. The van der Waals surface area contributed by atoms with Gasteiger partial charge in [-0.3, -0.25) is 4.79 Å². The second-order valence-corrected chi connectivity index (χ2v) is 5.02. The lowest BCUT2D eigenvalue weighted by atomic mass is 9.95. The number of hydrogen-bond donors (Lipinski definition) is 1. The predicted octanol–water partition coefficient (Wildman–Crippen LogP) is 0.855. The second kappa shape index (κ2) is 6.21. The van der Waals surface area contributed by atoms with Crippen molar-refractivity contribution in [3.05, 3.63) is 0 Å². The first-order chi connectivity index (χ1) is 7.56. The fourth-order valence-corrected chi connectivity index (χ4v) is 2.16. The van der Waals surface area contributed by atoms with E-state index in [0.717, 1.165) is 6.42 Å². The minimum absolute atomic E-state index is 0.0273. The number of hydrogen-bond acceptors (Lipinski definition) is 3. The molecule has 1 heterocycles. The van der Waals surface area contributed by atoms with Crippen molar-refractivity contribution in [1.82, 2.24) is 4.90 Å². The molecule has 1 aliphatic heterocycles. The lowest BCUT2D eigenvalue weighted by Crippen LogP contribution is -2.50. The van der Waals surface area contributed by atoms with Gasteiger partial charge in [0, 0.05) is 13.1 Å². The number of morpholine rings is 1. The Morgan fingerprint density at radius 1 is 1.56 bits per heavy atom. The minimum atomic E-state index is -0.0273. The van der Waals surface area contributed by atoms with Gasteiger partial charge in [-0.2, -0.15) is 0 Å². The largest absolute Gasteiger partial charge is 0.377 e. The van der Waals surface area contributed by atoms with E-state index >= 15 is 0 Å². The van der Waals surface area contributed by atoms with Crippen LogP contribution in [0.1, 0.15) is 27.2 Å². The quantitative estimate of drug-likeness (QED) is 0.776. The van der Waals surface area contributed by atoms with Gasteiger partial charge in [-0.15, -0.1) is 0 Å². The molecule has 2 N–H and O–H groups in total. The lowest BCUT2D eigenvalue weighted by molar-refractivity contribution is -0.143. The van der Waals surface area contributed by atoms with Gasteiger partial charge < -0.3 is 15.4 Å². The SMILES string of the molecule is CC(C)CC(CN)C(=O)N1CCOCC1C. The Morgan fingerprint density at radius 2 is 2.25 bits per heavy atom. The van der Waals surface area contributed by atoms with Gasteiger partial charge in [-0.05, 0) is 19.3 Å². The molecule has 2 unspecified atom stereocenters. The molecule has 0 radical (unpaired) electrons. The molecule has 1 aliphatic rings. The van der Waals surface area contributed by atoms with Gasteiger partial charge in [-0.25, -0.2) is 0 Å². The van der Waals surface area contributed by atoms with Crippen molar-refractivity contribution in [3.63, 3.8) is 0 Å². The number of nitrogens with zero attached hydrogens (tertiary/aromatic N) is 1. The molecular formula is C12H24N2O2. The van der Waals surface area contributed by atoms with Gasteiger partial charge in [0.2, 0.25) is 5.91 Å². The topological polar surface area (TPSA) is 55.6 Å². The molecule has 0 spiro atoms. The summed E-state index contributed by atoms with van der Waals surface area (Å²) in [6, 6.07) is 0.183. The smallest absolute Gasteiger partial charge is 0.227 e. The summed E-state index contributed by atoms with van der Waals surface area (Å²) in [5.41, 5.74) is 5.70. The third-order valence-electron chi connectivity index (χ3n) is 3.04. The molecule has 2 atom stereocenters. The van der Waals surface area contributed by atoms with Crippen molar-refractivity contribution >= 4 is 5.91 Å². The Hall–Kier alpha value is -0.610. The lowest BCUT2D eigenvalue weighted by Gasteiger charge is -2.36. The zero-order valence-corrected chi connectivity index (χ0v) is 10.6. The molecular weight excluding hydrogens is 204 g/mol. The number of nitrogens with two attached hydrogens (primary N) is 1. The van der Waals surface area contributed by atoms with Crippen LogP contribution in [0.2, 0.25) is 0 Å². The molecule has 1 rings (SSSR count). The number of ether oxygens (including phenoxy) is 1. The third kappa shape index (κ3) is 3.46. The molecule has 1 fully saturated rings. The molecule has 0 aromatic rings. The molecule has 0 saturated carbocycles. The average molecular weight is 228 g/mol. The highest BCUT2D eigenvalue weighted by Gasteiger charge is 2.29. The predicted molar refractivity (Wildman–Crippen MR) is 64.0 cm³/mol. The van der Waals surface area contributed by atoms with Crippen LogP contribution in [-0.2, 0) is 9.53 Å². The third-order valence-corrected chi connectivity index (χ3v) is 3.04. The average Bonchev–Trinajstić information content (AvgIpc) is 2.25. The number of carbonyl (C=O) groups is 1. The molecule has 16 heavy (non-hydrogen) atoms. The molecule has 1 saturated heterocycles. The minimum Gasteiger partial charge on any atom is -0.377 e. The molecule has 94 valence electrons. The molecule has 0 aromatic heterocycles. The highest BCUT2D eigenvalue weighted by molar-refractivity contribution is 5.79. The van der Waals surface area contributed by atoms with Gasteiger partial charge in [-0.1, -0.05) is 13.8 Å². The van der Waals surface area contributed by atoms with Crippen LogP contribution in [0, 0.1) is 11.8 Å². The first-order valence-corrected chi connectivity index (χ1v) is 6.14. The van der Waals surface area contributed by atoms with Gasteiger partial charge in [0.1, 0.15) is 0 Å². The van der Waals surface area contributed by atoms with Crippen LogP contribution in [0.5, 0.6) is 0 Å². The fourth-order valence-electron chi connectivity index (χ4n) is 2.16. The highest BCUT2D eigenvalue weighted by Crippen LogP contribution is 2.17. The van der Waals surface area contributed by atoms with Crippen LogP contribution in [0.25, 0.3) is 0 Å². The summed E-state index contributed by atoms with van der Waals surface area (Å²) in [5, 5.41) is 0. The van der Waals surface area contributed by atoms with Crippen molar-refractivity contribution in [2.75, 3.05) is 26.3 Å². The Kier molecular flexibility index (Phi) is 5.22. The van der Waals surface area contributed by atoms with Crippen LogP contribution in [-0.4, -0.2) is 43.2 Å². The summed E-state index contributed by atoms with van der Waals surface area (Å²) in [6.07, 6.45) is 0.874. The van der Waals surface area contributed by atoms with E-state index < -0.39 is 0 Å². The first-order valence-electron chi connectivity index (χ1n) is 6.14. The van der Waals surface area contributed by atoms with Crippen molar-refractivity contribution in [1.29, 1.82) is 0 Å². The molecule has 1 amide bonds. The van der Waals surface area contributed by atoms with Crippen LogP contribution in [0.4, 0.5) is 0 Å². The molecule has 0 bridgehead atoms. The van der Waals surface area contributed by atoms with Gasteiger partial charge >= 0.3 is 0 Å². The molecule has 4 nitrogen and oxygen atoms in total. The zero-order valence-electron chi connectivity index (χ0n) is 10.6. The zero-order chi connectivity index (χ0) is 12.1. The standard InChI is InChI=1S/C12H24N2O2/c1-9(2)6-11(7-13)12(15)14-4-5-16-8-10(14)3/h9-11H,4-8,13H2,1-3H3. The van der Waals surface area contributed by atoms with Crippen LogP contribution < -0.4 is 5.73 Å². The van der Waals surface area contributed by atoms with Crippen molar-refractivity contribution in [2.24, 2.45) is 17.6 Å². The number of amides is 1. The van der Waals surface area contributed by atoms with Crippen LogP contribution >= 0.6 is 0 Å². The molecule has 0 aliphatic carbocycles. The first kappa shape index (κ1) is 13.5. The highest BCUT2D eigenvalue weighted by atomic mass is 16.5. The van der Waals surface area contributed by atoms with E-state index in [1.807, 2.05) is 11.8 Å². The van der Waals surface area contributed by atoms with E-state index in [-0.39, 0.29) is 17.9 Å². The molecule has 4 heteroatoms. The normalized spacial score (nSPS) is 23.6. The van der Waals surface area contributed by atoms with Crippen molar-refractivity contribution < 1.29 is 9.53 Å². The van der Waals surface area contributed by atoms with E-state index in [2.05, 4.69) is 13.8 Å². The Morgan fingerprint density at radius 3 is 2.75 bits per heavy atom. The summed E-state index contributed by atoms with van der Waals surface area (Å²) < 4.78 is 5.33. The Labute approximate surface area is 98.1 Å².